The van der Waals surface area contributed by atoms with Gasteiger partial charge in [-0.15, -0.1) is 0 Å². The Hall–Kier alpha value is -3.35. The SMILES string of the molecule is COc1cc(/C=N\OCc2nc(-c3ccccc3)no2)ccc1OCC(C)C. The summed E-state index contributed by atoms with van der Waals surface area (Å²) in [7, 11) is 1.61. The average molecular weight is 381 g/mol. The highest BCUT2D eigenvalue weighted by Gasteiger charge is 2.09. The molecule has 7 nitrogen and oxygen atoms in total. The molecule has 3 aromatic rings. The Labute approximate surface area is 163 Å². The van der Waals surface area contributed by atoms with Crippen molar-refractivity contribution < 1.29 is 18.8 Å². The summed E-state index contributed by atoms with van der Waals surface area (Å²) < 4.78 is 16.3. The number of hydrogen-bond donors (Lipinski definition) is 0. The van der Waals surface area contributed by atoms with Gasteiger partial charge in [-0.05, 0) is 24.1 Å². The second kappa shape index (κ2) is 9.55. The summed E-state index contributed by atoms with van der Waals surface area (Å²) in [5, 5.41) is 7.89. The largest absolute Gasteiger partial charge is 0.493 e. The lowest BCUT2D eigenvalue weighted by Gasteiger charge is -2.12. The minimum absolute atomic E-state index is 0.0864. The average Bonchev–Trinajstić information content (AvgIpc) is 3.19. The van der Waals surface area contributed by atoms with Crippen LogP contribution < -0.4 is 9.47 Å². The highest BCUT2D eigenvalue weighted by atomic mass is 16.6. The van der Waals surface area contributed by atoms with Crippen LogP contribution in [0.1, 0.15) is 25.3 Å². The Balaban J connectivity index is 1.55. The lowest BCUT2D eigenvalue weighted by Crippen LogP contribution is -2.05. The molecule has 1 heterocycles. The highest BCUT2D eigenvalue weighted by molar-refractivity contribution is 5.80. The minimum Gasteiger partial charge on any atom is -0.493 e. The number of aromatic nitrogens is 2. The summed E-state index contributed by atoms with van der Waals surface area (Å²) in [5.74, 6) is 2.66. The van der Waals surface area contributed by atoms with Gasteiger partial charge >= 0.3 is 0 Å². The van der Waals surface area contributed by atoms with Crippen LogP contribution in [0.3, 0.4) is 0 Å². The van der Waals surface area contributed by atoms with E-state index >= 15 is 0 Å². The molecule has 0 aliphatic rings. The zero-order valence-electron chi connectivity index (χ0n) is 16.2. The van der Waals surface area contributed by atoms with Gasteiger partial charge in [-0.1, -0.05) is 54.5 Å². The molecule has 7 heteroatoms. The zero-order chi connectivity index (χ0) is 19.8. The van der Waals surface area contributed by atoms with E-state index in [1.54, 1.807) is 13.3 Å². The third-order valence-corrected chi connectivity index (χ3v) is 3.72. The topological polar surface area (TPSA) is 79.0 Å². The number of hydrogen-bond acceptors (Lipinski definition) is 7. The van der Waals surface area contributed by atoms with E-state index in [0.717, 1.165) is 11.1 Å². The Kier molecular flexibility index (Phi) is 6.62. The molecule has 3 rings (SSSR count). The fourth-order valence-electron chi connectivity index (χ4n) is 2.35. The second-order valence-corrected chi connectivity index (χ2v) is 6.50. The minimum atomic E-state index is 0.0864. The monoisotopic (exact) mass is 381 g/mol. The van der Waals surface area contributed by atoms with Crippen LogP contribution in [0.2, 0.25) is 0 Å². The third kappa shape index (κ3) is 5.33. The van der Waals surface area contributed by atoms with E-state index in [2.05, 4.69) is 29.1 Å². The van der Waals surface area contributed by atoms with E-state index in [1.165, 1.54) is 0 Å². The fourth-order valence-corrected chi connectivity index (χ4v) is 2.35. The summed E-state index contributed by atoms with van der Waals surface area (Å²) in [6.45, 7) is 4.90. The highest BCUT2D eigenvalue weighted by Crippen LogP contribution is 2.28. The predicted octanol–water partition coefficient (Wildman–Crippen LogP) is 4.33. The van der Waals surface area contributed by atoms with Crippen molar-refractivity contribution in [1.82, 2.24) is 10.1 Å². The Morgan fingerprint density at radius 3 is 2.68 bits per heavy atom. The van der Waals surface area contributed by atoms with Crippen LogP contribution in [0.15, 0.2) is 58.2 Å². The van der Waals surface area contributed by atoms with E-state index in [4.69, 9.17) is 18.8 Å². The molecule has 0 aliphatic carbocycles. The van der Waals surface area contributed by atoms with Crippen molar-refractivity contribution >= 4 is 6.21 Å². The van der Waals surface area contributed by atoms with E-state index in [1.807, 2.05) is 48.5 Å². The zero-order valence-corrected chi connectivity index (χ0v) is 16.2. The lowest BCUT2D eigenvalue weighted by molar-refractivity contribution is 0.107. The standard InChI is InChI=1S/C21H23N3O4/c1-15(2)13-26-18-10-9-16(11-19(18)25-3)12-22-27-14-20-23-21(24-28-20)17-7-5-4-6-8-17/h4-12,15H,13-14H2,1-3H3/b22-12-. The molecule has 0 saturated carbocycles. The lowest BCUT2D eigenvalue weighted by atomic mass is 10.2. The van der Waals surface area contributed by atoms with E-state index < -0.39 is 0 Å². The van der Waals surface area contributed by atoms with Crippen LogP contribution in [0.5, 0.6) is 11.5 Å². The van der Waals surface area contributed by atoms with E-state index in [9.17, 15) is 0 Å². The maximum atomic E-state index is 5.74. The summed E-state index contributed by atoms with van der Waals surface area (Å²) in [4.78, 5) is 9.54. The molecule has 0 radical (unpaired) electrons. The smallest absolute Gasteiger partial charge is 0.267 e. The first-order valence-corrected chi connectivity index (χ1v) is 9.00. The molecule has 0 aliphatic heterocycles. The molecule has 146 valence electrons. The quantitative estimate of drug-likeness (QED) is 0.405. The van der Waals surface area contributed by atoms with Crippen LogP contribution >= 0.6 is 0 Å². The van der Waals surface area contributed by atoms with Crippen LogP contribution in [0, 0.1) is 5.92 Å². The van der Waals surface area contributed by atoms with Crippen LogP contribution in [0.25, 0.3) is 11.4 Å². The predicted molar refractivity (Wildman–Crippen MR) is 105 cm³/mol. The summed E-state index contributed by atoms with van der Waals surface area (Å²) in [6.07, 6.45) is 1.59. The molecule has 0 unspecified atom stereocenters. The van der Waals surface area contributed by atoms with Crippen LogP contribution in [0.4, 0.5) is 0 Å². The normalized spacial score (nSPS) is 11.1. The van der Waals surface area contributed by atoms with Crippen molar-refractivity contribution in [2.45, 2.75) is 20.5 Å². The maximum Gasteiger partial charge on any atom is 0.267 e. The van der Waals surface area contributed by atoms with Gasteiger partial charge in [-0.2, -0.15) is 4.98 Å². The van der Waals surface area contributed by atoms with Crippen molar-refractivity contribution in [2.24, 2.45) is 11.1 Å². The summed E-state index contributed by atoms with van der Waals surface area (Å²) >= 11 is 0. The van der Waals surface area contributed by atoms with E-state index in [0.29, 0.717) is 35.7 Å². The third-order valence-electron chi connectivity index (χ3n) is 3.72. The van der Waals surface area contributed by atoms with Crippen molar-refractivity contribution in [1.29, 1.82) is 0 Å². The molecular weight excluding hydrogens is 358 g/mol. The van der Waals surface area contributed by atoms with Gasteiger partial charge in [0.25, 0.3) is 5.89 Å². The fraction of sp³-hybridized carbons (Fsp3) is 0.286. The van der Waals surface area contributed by atoms with Crippen molar-refractivity contribution in [3.63, 3.8) is 0 Å². The Morgan fingerprint density at radius 2 is 1.93 bits per heavy atom. The molecule has 0 saturated heterocycles. The van der Waals surface area contributed by atoms with Gasteiger partial charge in [0.05, 0.1) is 19.9 Å². The number of benzene rings is 2. The van der Waals surface area contributed by atoms with Gasteiger partial charge in [-0.25, -0.2) is 0 Å². The van der Waals surface area contributed by atoms with Gasteiger partial charge in [-0.3, -0.25) is 0 Å². The molecule has 0 N–H and O–H groups in total. The van der Waals surface area contributed by atoms with Gasteiger partial charge in [0, 0.05) is 11.1 Å². The van der Waals surface area contributed by atoms with Crippen molar-refractivity contribution in [3.05, 3.63) is 60.0 Å². The molecule has 0 atom stereocenters. The number of methoxy groups -OCH3 is 1. The maximum absolute atomic E-state index is 5.74. The molecule has 2 aromatic carbocycles. The first-order valence-electron chi connectivity index (χ1n) is 9.00. The van der Waals surface area contributed by atoms with Gasteiger partial charge in [0.15, 0.2) is 18.1 Å². The number of ether oxygens (including phenoxy) is 2. The molecular formula is C21H23N3O4. The number of rotatable bonds is 9. The molecule has 1 aromatic heterocycles. The Bertz CT molecular complexity index is 907. The molecule has 28 heavy (non-hydrogen) atoms. The van der Waals surface area contributed by atoms with Gasteiger partial charge < -0.3 is 18.8 Å². The van der Waals surface area contributed by atoms with Gasteiger partial charge in [0.2, 0.25) is 5.82 Å². The number of nitrogens with zero attached hydrogens (tertiary/aromatic N) is 3. The number of oxime groups is 1. The molecule has 0 amide bonds. The van der Waals surface area contributed by atoms with E-state index in [-0.39, 0.29) is 6.61 Å². The second-order valence-electron chi connectivity index (χ2n) is 6.50. The summed E-state index contributed by atoms with van der Waals surface area (Å²) in [6, 6.07) is 15.2. The van der Waals surface area contributed by atoms with Crippen molar-refractivity contribution in [3.8, 4) is 22.9 Å². The first-order chi connectivity index (χ1) is 13.7. The molecule has 0 spiro atoms. The van der Waals surface area contributed by atoms with Gasteiger partial charge in [0.1, 0.15) is 0 Å². The first kappa shape index (κ1) is 19.4. The molecule has 0 fully saturated rings. The molecule has 0 bridgehead atoms. The van der Waals surface area contributed by atoms with Crippen LogP contribution in [-0.2, 0) is 11.4 Å². The Morgan fingerprint density at radius 1 is 1.11 bits per heavy atom. The van der Waals surface area contributed by atoms with Crippen molar-refractivity contribution in [2.75, 3.05) is 13.7 Å². The van der Waals surface area contributed by atoms with Crippen LogP contribution in [-0.4, -0.2) is 30.1 Å². The summed E-state index contributed by atoms with van der Waals surface area (Å²) in [5.41, 5.74) is 1.71.